The largest absolute Gasteiger partial charge is 0.497 e. The fourth-order valence-corrected chi connectivity index (χ4v) is 1.54. The topological polar surface area (TPSA) is 48.0 Å². The van der Waals surface area contributed by atoms with Gasteiger partial charge in [-0.05, 0) is 17.7 Å². The Labute approximate surface area is 114 Å². The fraction of sp³-hybridized carbons (Fsp3) is 0.500. The molecule has 1 aromatic carbocycles. The van der Waals surface area contributed by atoms with E-state index in [2.05, 4.69) is 0 Å². The van der Waals surface area contributed by atoms with E-state index >= 15 is 0 Å². The molecule has 0 atom stereocenters. The van der Waals surface area contributed by atoms with Crippen molar-refractivity contribution >= 4 is 5.91 Å². The second-order valence-electron chi connectivity index (χ2n) is 4.15. The van der Waals surface area contributed by atoms with Gasteiger partial charge in [0.05, 0.1) is 20.3 Å². The highest BCUT2D eigenvalue weighted by Crippen LogP contribution is 2.13. The molecule has 0 aromatic heterocycles. The SMILES string of the molecule is COCCOCC(=O)N(C)Cc1cccc(OC)c1. The minimum absolute atomic E-state index is 0.0566. The van der Waals surface area contributed by atoms with E-state index in [0.29, 0.717) is 19.8 Å². The number of nitrogens with zero attached hydrogens (tertiary/aromatic N) is 1. The molecule has 0 unspecified atom stereocenters. The van der Waals surface area contributed by atoms with Gasteiger partial charge in [0.25, 0.3) is 0 Å². The monoisotopic (exact) mass is 267 g/mol. The first-order valence-corrected chi connectivity index (χ1v) is 6.11. The molecule has 0 aliphatic heterocycles. The van der Waals surface area contributed by atoms with Gasteiger partial charge in [0.1, 0.15) is 12.4 Å². The van der Waals surface area contributed by atoms with Crippen molar-refractivity contribution in [3.63, 3.8) is 0 Å². The zero-order chi connectivity index (χ0) is 14.1. The molecule has 0 radical (unpaired) electrons. The van der Waals surface area contributed by atoms with Crippen LogP contribution >= 0.6 is 0 Å². The average molecular weight is 267 g/mol. The number of likely N-dealkylation sites (N-methyl/N-ethyl adjacent to an activating group) is 1. The van der Waals surface area contributed by atoms with Crippen LogP contribution in [0.2, 0.25) is 0 Å². The van der Waals surface area contributed by atoms with Gasteiger partial charge in [-0.3, -0.25) is 4.79 Å². The lowest BCUT2D eigenvalue weighted by Gasteiger charge is -2.17. The fourth-order valence-electron chi connectivity index (χ4n) is 1.54. The van der Waals surface area contributed by atoms with Gasteiger partial charge in [0.15, 0.2) is 0 Å². The Morgan fingerprint density at radius 1 is 1.26 bits per heavy atom. The van der Waals surface area contributed by atoms with Crippen LogP contribution in [0.25, 0.3) is 0 Å². The molecule has 19 heavy (non-hydrogen) atoms. The molecule has 0 aliphatic rings. The molecule has 0 bridgehead atoms. The lowest BCUT2D eigenvalue weighted by molar-refractivity contribution is -0.135. The number of benzene rings is 1. The first-order valence-electron chi connectivity index (χ1n) is 6.11. The number of carbonyl (C=O) groups is 1. The van der Waals surface area contributed by atoms with Crippen LogP contribution < -0.4 is 4.74 Å². The molecular formula is C14H21NO4. The summed E-state index contributed by atoms with van der Waals surface area (Å²) in [6, 6.07) is 7.65. The van der Waals surface area contributed by atoms with Gasteiger partial charge in [-0.15, -0.1) is 0 Å². The van der Waals surface area contributed by atoms with Crippen LogP contribution in [0.4, 0.5) is 0 Å². The van der Waals surface area contributed by atoms with Gasteiger partial charge in [0.2, 0.25) is 5.91 Å². The highest BCUT2D eigenvalue weighted by Gasteiger charge is 2.09. The van der Waals surface area contributed by atoms with E-state index < -0.39 is 0 Å². The Morgan fingerprint density at radius 3 is 2.74 bits per heavy atom. The summed E-state index contributed by atoms with van der Waals surface area (Å²) in [5, 5.41) is 0. The van der Waals surface area contributed by atoms with E-state index in [-0.39, 0.29) is 12.5 Å². The second kappa shape index (κ2) is 8.50. The number of rotatable bonds is 8. The van der Waals surface area contributed by atoms with Crippen molar-refractivity contribution in [3.05, 3.63) is 29.8 Å². The van der Waals surface area contributed by atoms with E-state index in [9.17, 15) is 4.79 Å². The number of methoxy groups -OCH3 is 2. The Bertz CT molecular complexity index is 395. The zero-order valence-corrected chi connectivity index (χ0v) is 11.7. The summed E-state index contributed by atoms with van der Waals surface area (Å²) < 4.78 is 15.2. The van der Waals surface area contributed by atoms with Crippen LogP contribution in [0.3, 0.4) is 0 Å². The Kier molecular flexibility index (Phi) is 6.92. The lowest BCUT2D eigenvalue weighted by atomic mass is 10.2. The summed E-state index contributed by atoms with van der Waals surface area (Å²) >= 11 is 0. The van der Waals surface area contributed by atoms with Crippen LogP contribution in [0, 0.1) is 0 Å². The highest BCUT2D eigenvalue weighted by atomic mass is 16.5. The Hall–Kier alpha value is -1.59. The van der Waals surface area contributed by atoms with Crippen LogP contribution in [0.5, 0.6) is 5.75 Å². The van der Waals surface area contributed by atoms with Crippen molar-refractivity contribution in [2.75, 3.05) is 41.1 Å². The standard InChI is InChI=1S/C14H21NO4/c1-15(14(16)11-19-8-7-17-2)10-12-5-4-6-13(9-12)18-3/h4-6,9H,7-8,10-11H2,1-3H3. The maximum Gasteiger partial charge on any atom is 0.248 e. The molecule has 0 saturated carbocycles. The third-order valence-corrected chi connectivity index (χ3v) is 2.64. The third kappa shape index (κ3) is 5.72. The molecular weight excluding hydrogens is 246 g/mol. The molecule has 5 heteroatoms. The van der Waals surface area contributed by atoms with Crippen LogP contribution in [-0.2, 0) is 20.8 Å². The van der Waals surface area contributed by atoms with Crippen molar-refractivity contribution in [1.29, 1.82) is 0 Å². The summed E-state index contributed by atoms with van der Waals surface area (Å²) in [4.78, 5) is 13.4. The van der Waals surface area contributed by atoms with Gasteiger partial charge in [-0.1, -0.05) is 12.1 Å². The quantitative estimate of drug-likeness (QED) is 0.666. The molecule has 0 fully saturated rings. The van der Waals surface area contributed by atoms with Crippen LogP contribution in [0.1, 0.15) is 5.56 Å². The molecule has 106 valence electrons. The van der Waals surface area contributed by atoms with Crippen LogP contribution in [-0.4, -0.2) is 51.9 Å². The maximum absolute atomic E-state index is 11.8. The molecule has 0 aliphatic carbocycles. The molecule has 0 saturated heterocycles. The van der Waals surface area contributed by atoms with Gasteiger partial charge >= 0.3 is 0 Å². The molecule has 1 rings (SSSR count). The van der Waals surface area contributed by atoms with Gasteiger partial charge < -0.3 is 19.1 Å². The van der Waals surface area contributed by atoms with Crippen molar-refractivity contribution in [1.82, 2.24) is 4.90 Å². The van der Waals surface area contributed by atoms with Crippen molar-refractivity contribution in [3.8, 4) is 5.75 Å². The predicted molar refractivity (Wildman–Crippen MR) is 72.2 cm³/mol. The van der Waals surface area contributed by atoms with Gasteiger partial charge in [-0.25, -0.2) is 0 Å². The first-order chi connectivity index (χ1) is 9.17. The molecule has 0 N–H and O–H groups in total. The smallest absolute Gasteiger partial charge is 0.248 e. The first kappa shape index (κ1) is 15.5. The molecule has 1 amide bonds. The molecule has 5 nitrogen and oxygen atoms in total. The van der Waals surface area contributed by atoms with Crippen LogP contribution in [0.15, 0.2) is 24.3 Å². The molecule has 1 aromatic rings. The van der Waals surface area contributed by atoms with Crippen molar-refractivity contribution < 1.29 is 19.0 Å². The van der Waals surface area contributed by atoms with E-state index in [0.717, 1.165) is 11.3 Å². The molecule has 0 spiro atoms. The van der Waals surface area contributed by atoms with Crippen molar-refractivity contribution in [2.24, 2.45) is 0 Å². The zero-order valence-electron chi connectivity index (χ0n) is 11.7. The minimum Gasteiger partial charge on any atom is -0.497 e. The van der Waals surface area contributed by atoms with Gasteiger partial charge in [-0.2, -0.15) is 0 Å². The Morgan fingerprint density at radius 2 is 2.05 bits per heavy atom. The predicted octanol–water partition coefficient (Wildman–Crippen LogP) is 1.32. The summed E-state index contributed by atoms with van der Waals surface area (Å²) in [7, 11) is 4.97. The minimum atomic E-state index is -0.0566. The number of amides is 1. The summed E-state index contributed by atoms with van der Waals surface area (Å²) in [6.07, 6.45) is 0. The number of hydrogen-bond acceptors (Lipinski definition) is 4. The van der Waals surface area contributed by atoms with Gasteiger partial charge in [0, 0.05) is 20.7 Å². The van der Waals surface area contributed by atoms with Crippen molar-refractivity contribution in [2.45, 2.75) is 6.54 Å². The summed E-state index contributed by atoms with van der Waals surface area (Å²) in [5.41, 5.74) is 1.02. The number of hydrogen-bond donors (Lipinski definition) is 0. The number of ether oxygens (including phenoxy) is 3. The van der Waals surface area contributed by atoms with E-state index in [4.69, 9.17) is 14.2 Å². The summed E-state index contributed by atoms with van der Waals surface area (Å²) in [6.45, 7) is 1.52. The second-order valence-corrected chi connectivity index (χ2v) is 4.15. The number of carbonyl (C=O) groups excluding carboxylic acids is 1. The highest BCUT2D eigenvalue weighted by molar-refractivity contribution is 5.77. The normalized spacial score (nSPS) is 10.3. The summed E-state index contributed by atoms with van der Waals surface area (Å²) in [5.74, 6) is 0.730. The third-order valence-electron chi connectivity index (χ3n) is 2.64. The van der Waals surface area contributed by atoms with E-state index in [1.807, 2.05) is 24.3 Å². The average Bonchev–Trinajstić information content (AvgIpc) is 2.43. The van der Waals surface area contributed by atoms with E-state index in [1.54, 1.807) is 26.2 Å². The lowest BCUT2D eigenvalue weighted by Crippen LogP contribution is -2.30. The molecule has 0 heterocycles. The van der Waals surface area contributed by atoms with E-state index in [1.165, 1.54) is 0 Å². The Balaban J connectivity index is 2.40. The maximum atomic E-state index is 11.8.